The summed E-state index contributed by atoms with van der Waals surface area (Å²) >= 11 is 0. The maximum atomic E-state index is 12.8. The molecule has 1 aliphatic heterocycles. The molecule has 1 unspecified atom stereocenters. The second kappa shape index (κ2) is 9.73. The van der Waals surface area contributed by atoms with Gasteiger partial charge in [0, 0.05) is 31.6 Å². The van der Waals surface area contributed by atoms with Gasteiger partial charge in [-0.25, -0.2) is 0 Å². The molecule has 3 fully saturated rings. The highest BCUT2D eigenvalue weighted by atomic mass is 19.4. The van der Waals surface area contributed by atoms with Gasteiger partial charge in [0.25, 0.3) is 0 Å². The number of carbonyl (C=O) groups is 1. The molecule has 2 saturated carbocycles. The predicted molar refractivity (Wildman–Crippen MR) is 126 cm³/mol. The molecule has 1 saturated heterocycles. The largest absolute Gasteiger partial charge is 0.416 e. The number of carbonyl (C=O) groups excluding carboxylic acids is 1. The minimum absolute atomic E-state index is 0.130. The van der Waals surface area contributed by atoms with Crippen LogP contribution in [0.5, 0.6) is 0 Å². The van der Waals surface area contributed by atoms with Crippen LogP contribution in [0.3, 0.4) is 0 Å². The Bertz CT molecular complexity index is 973. The number of aryl methyl sites for hydroxylation is 1. The summed E-state index contributed by atoms with van der Waals surface area (Å²) < 4.78 is 38.5. The van der Waals surface area contributed by atoms with Crippen LogP contribution in [0, 0.1) is 17.8 Å². The Morgan fingerprint density at radius 3 is 2.32 bits per heavy atom. The van der Waals surface area contributed by atoms with Crippen LogP contribution in [0.25, 0.3) is 0 Å². The van der Waals surface area contributed by atoms with E-state index in [1.165, 1.54) is 43.4 Å². The summed E-state index contributed by atoms with van der Waals surface area (Å²) in [4.78, 5) is 15.2. The highest BCUT2D eigenvalue weighted by Gasteiger charge is 2.59. The van der Waals surface area contributed by atoms with E-state index in [1.807, 2.05) is 0 Å². The van der Waals surface area contributed by atoms with Gasteiger partial charge in [0.15, 0.2) is 0 Å². The number of amides is 1. The van der Waals surface area contributed by atoms with Crippen LogP contribution in [0.2, 0.25) is 0 Å². The van der Waals surface area contributed by atoms with Crippen LogP contribution >= 0.6 is 0 Å². The molecule has 34 heavy (non-hydrogen) atoms. The molecular weight excluding hydrogens is 437 g/mol. The first kappa shape index (κ1) is 23.4. The fourth-order valence-electron chi connectivity index (χ4n) is 6.27. The average molecular weight is 471 g/mol. The zero-order valence-electron chi connectivity index (χ0n) is 19.4. The lowest BCUT2D eigenvalue weighted by Gasteiger charge is -2.36. The highest BCUT2D eigenvalue weighted by Crippen LogP contribution is 2.53. The van der Waals surface area contributed by atoms with E-state index in [1.54, 1.807) is 6.07 Å². The molecule has 0 spiro atoms. The van der Waals surface area contributed by atoms with Crippen molar-refractivity contribution in [3.05, 3.63) is 71.3 Å². The van der Waals surface area contributed by atoms with Gasteiger partial charge in [-0.2, -0.15) is 13.2 Å². The number of hydrogen-bond donors (Lipinski definition) is 1. The van der Waals surface area contributed by atoms with Crippen molar-refractivity contribution in [3.8, 4) is 0 Å². The predicted octanol–water partition coefficient (Wildman–Crippen LogP) is 5.66. The van der Waals surface area contributed by atoms with Crippen LogP contribution in [-0.4, -0.2) is 36.5 Å². The van der Waals surface area contributed by atoms with Crippen molar-refractivity contribution >= 4 is 5.91 Å². The monoisotopic (exact) mass is 470 g/mol. The summed E-state index contributed by atoms with van der Waals surface area (Å²) in [6.07, 6.45) is 1.83. The van der Waals surface area contributed by atoms with Crippen molar-refractivity contribution in [2.45, 2.75) is 56.7 Å². The molecule has 3 aliphatic rings. The molecule has 2 aliphatic carbocycles. The molecule has 3 nitrogen and oxygen atoms in total. The van der Waals surface area contributed by atoms with Crippen molar-refractivity contribution in [1.29, 1.82) is 0 Å². The van der Waals surface area contributed by atoms with Gasteiger partial charge in [-0.05, 0) is 73.5 Å². The Kier molecular flexibility index (Phi) is 6.70. The fourth-order valence-corrected chi connectivity index (χ4v) is 6.27. The summed E-state index contributed by atoms with van der Waals surface area (Å²) in [5, 5.41) is 3.03. The number of alkyl halides is 3. The maximum Gasteiger partial charge on any atom is 0.416 e. The Hall–Kier alpha value is -2.34. The molecule has 0 bridgehead atoms. The van der Waals surface area contributed by atoms with E-state index in [-0.39, 0.29) is 11.8 Å². The van der Waals surface area contributed by atoms with Gasteiger partial charge in [-0.15, -0.1) is 0 Å². The van der Waals surface area contributed by atoms with Gasteiger partial charge < -0.3 is 5.32 Å². The molecule has 182 valence electrons. The number of fused-ring (bicyclic) bond motifs is 1. The quantitative estimate of drug-likeness (QED) is 0.530. The van der Waals surface area contributed by atoms with E-state index >= 15 is 0 Å². The number of benzene rings is 2. The lowest BCUT2D eigenvalue weighted by molar-refractivity contribution is -0.137. The third-order valence-electron chi connectivity index (χ3n) is 8.20. The topological polar surface area (TPSA) is 32.3 Å². The van der Waals surface area contributed by atoms with Crippen molar-refractivity contribution in [1.82, 2.24) is 10.2 Å². The fraction of sp³-hybridized carbons (Fsp3) is 0.536. The van der Waals surface area contributed by atoms with Crippen molar-refractivity contribution < 1.29 is 18.0 Å². The summed E-state index contributed by atoms with van der Waals surface area (Å²) in [7, 11) is 0. The summed E-state index contributed by atoms with van der Waals surface area (Å²) in [5.41, 5.74) is 1.51. The minimum Gasteiger partial charge on any atom is -0.356 e. The lowest BCUT2D eigenvalue weighted by Crippen LogP contribution is -2.39. The molecule has 1 N–H and O–H groups in total. The Morgan fingerprint density at radius 2 is 1.65 bits per heavy atom. The number of nitrogens with zero attached hydrogens (tertiary/aromatic N) is 1. The van der Waals surface area contributed by atoms with Crippen LogP contribution in [0.15, 0.2) is 54.6 Å². The molecule has 6 heteroatoms. The number of likely N-dealkylation sites (tertiary alicyclic amines) is 1. The van der Waals surface area contributed by atoms with Gasteiger partial charge in [-0.3, -0.25) is 9.69 Å². The Morgan fingerprint density at radius 1 is 0.941 bits per heavy atom. The second-order valence-corrected chi connectivity index (χ2v) is 10.3. The first-order valence-corrected chi connectivity index (χ1v) is 12.6. The third kappa shape index (κ3) is 5.17. The van der Waals surface area contributed by atoms with Crippen molar-refractivity contribution in [2.24, 2.45) is 17.8 Å². The first-order valence-electron chi connectivity index (χ1n) is 12.6. The third-order valence-corrected chi connectivity index (χ3v) is 8.20. The molecule has 0 aromatic heterocycles. The number of piperidine rings is 1. The molecule has 3 atom stereocenters. The van der Waals surface area contributed by atoms with E-state index in [2.05, 4.69) is 40.5 Å². The average Bonchev–Trinajstić information content (AvgIpc) is 3.35. The SMILES string of the molecule is O=C(NCCCc1cccc(C(F)(F)F)c1)C1[C@H]2CN(C3CCC(c4ccccc4)CC3)C[C@@H]12. The van der Waals surface area contributed by atoms with Gasteiger partial charge in [-0.1, -0.05) is 48.5 Å². The van der Waals surface area contributed by atoms with E-state index in [4.69, 9.17) is 0 Å². The highest BCUT2D eigenvalue weighted by molar-refractivity contribution is 5.82. The number of rotatable bonds is 7. The number of halogens is 3. The van der Waals surface area contributed by atoms with Gasteiger partial charge in [0.05, 0.1) is 5.56 Å². The number of nitrogens with one attached hydrogen (secondary N) is 1. The van der Waals surface area contributed by atoms with Crippen LogP contribution in [0.1, 0.15) is 54.7 Å². The van der Waals surface area contributed by atoms with E-state index in [9.17, 15) is 18.0 Å². The first-order chi connectivity index (χ1) is 16.4. The molecule has 1 heterocycles. The molecular formula is C28H33F3N2O. The van der Waals surface area contributed by atoms with Crippen LogP contribution in [0.4, 0.5) is 13.2 Å². The summed E-state index contributed by atoms with van der Waals surface area (Å²) in [6, 6.07) is 16.9. The normalized spacial score (nSPS) is 29.0. The van der Waals surface area contributed by atoms with E-state index < -0.39 is 11.7 Å². The lowest BCUT2D eigenvalue weighted by atomic mass is 9.81. The van der Waals surface area contributed by atoms with Gasteiger partial charge in [0.1, 0.15) is 0 Å². The molecule has 5 rings (SSSR count). The van der Waals surface area contributed by atoms with Crippen molar-refractivity contribution in [3.63, 3.8) is 0 Å². The molecule has 1 amide bonds. The summed E-state index contributed by atoms with van der Waals surface area (Å²) in [5.74, 6) is 1.91. The maximum absolute atomic E-state index is 12.8. The molecule has 0 radical (unpaired) electrons. The van der Waals surface area contributed by atoms with Gasteiger partial charge >= 0.3 is 6.18 Å². The van der Waals surface area contributed by atoms with E-state index in [0.29, 0.717) is 48.7 Å². The smallest absolute Gasteiger partial charge is 0.356 e. The Labute approximate surface area is 199 Å². The second-order valence-electron chi connectivity index (χ2n) is 10.3. The molecule has 2 aromatic carbocycles. The minimum atomic E-state index is -4.32. The van der Waals surface area contributed by atoms with Crippen LogP contribution in [-0.2, 0) is 17.4 Å². The zero-order chi connectivity index (χ0) is 23.7. The summed E-state index contributed by atoms with van der Waals surface area (Å²) in [6.45, 7) is 2.58. The standard InChI is InChI=1S/C28H33F3N2O/c29-28(30,31)22-10-4-6-19(16-22)7-5-15-32-27(34)26-24-17-33(18-25(24)26)23-13-11-21(12-14-23)20-8-2-1-3-9-20/h1-4,6,8-10,16,21,23-26H,5,7,11-15,17-18H2,(H,32,34)/t21?,23?,24-,25+,26?. The molecule has 2 aromatic rings. The van der Waals surface area contributed by atoms with E-state index in [0.717, 1.165) is 19.2 Å². The number of hydrogen-bond acceptors (Lipinski definition) is 2. The van der Waals surface area contributed by atoms with Crippen LogP contribution < -0.4 is 5.32 Å². The van der Waals surface area contributed by atoms with Crippen molar-refractivity contribution in [2.75, 3.05) is 19.6 Å². The Balaban J connectivity index is 1.00. The van der Waals surface area contributed by atoms with Gasteiger partial charge in [0.2, 0.25) is 5.91 Å². The zero-order valence-corrected chi connectivity index (χ0v) is 19.4.